The van der Waals surface area contributed by atoms with Gasteiger partial charge in [-0.1, -0.05) is 29.3 Å². The normalized spacial score (nSPS) is 13.8. The molecule has 1 unspecified atom stereocenters. The summed E-state index contributed by atoms with van der Waals surface area (Å²) in [4.78, 5) is 0. The summed E-state index contributed by atoms with van der Waals surface area (Å²) in [6, 6.07) is 4.52. The van der Waals surface area contributed by atoms with E-state index in [-0.39, 0.29) is 18.0 Å². The van der Waals surface area contributed by atoms with Gasteiger partial charge in [-0.2, -0.15) is 13.2 Å². The summed E-state index contributed by atoms with van der Waals surface area (Å²) in [5.41, 5.74) is 5.84. The molecule has 0 aliphatic rings. The minimum absolute atomic E-state index is 0.195. The lowest BCUT2D eigenvalue weighted by Crippen LogP contribution is -2.16. The Balaban J connectivity index is 2.93. The Kier molecular flexibility index (Phi) is 5.10. The molecule has 0 aromatic heterocycles. The zero-order valence-corrected chi connectivity index (χ0v) is 10.4. The van der Waals surface area contributed by atoms with Gasteiger partial charge >= 0.3 is 6.18 Å². The highest BCUT2D eigenvalue weighted by Crippen LogP contribution is 2.35. The van der Waals surface area contributed by atoms with Crippen molar-refractivity contribution in [3.05, 3.63) is 33.8 Å². The van der Waals surface area contributed by atoms with Gasteiger partial charge in [-0.05, 0) is 36.6 Å². The van der Waals surface area contributed by atoms with Crippen LogP contribution in [0.5, 0.6) is 0 Å². The molecule has 1 aromatic rings. The highest BCUT2D eigenvalue weighted by molar-refractivity contribution is 6.42. The molecule has 1 aromatic carbocycles. The molecule has 0 amide bonds. The lowest BCUT2D eigenvalue weighted by atomic mass is 9.92. The van der Waals surface area contributed by atoms with E-state index in [1.807, 2.05) is 0 Å². The summed E-state index contributed by atoms with van der Waals surface area (Å²) in [5.74, 6) is -0.672. The third-order valence-electron chi connectivity index (χ3n) is 2.41. The van der Waals surface area contributed by atoms with Crippen molar-refractivity contribution in [2.75, 3.05) is 6.54 Å². The van der Waals surface area contributed by atoms with Crippen LogP contribution in [0.2, 0.25) is 10.0 Å². The van der Waals surface area contributed by atoms with E-state index in [2.05, 4.69) is 0 Å². The Labute approximate surface area is 108 Å². The summed E-state index contributed by atoms with van der Waals surface area (Å²) in [7, 11) is 0. The van der Waals surface area contributed by atoms with Gasteiger partial charge in [0.25, 0.3) is 0 Å². The van der Waals surface area contributed by atoms with E-state index in [1.165, 1.54) is 12.1 Å². The second kappa shape index (κ2) is 5.94. The molecule has 0 radical (unpaired) electrons. The summed E-state index contributed by atoms with van der Waals surface area (Å²) in [6.07, 6.45) is -4.86. The van der Waals surface area contributed by atoms with Crippen LogP contribution in [0.3, 0.4) is 0 Å². The van der Waals surface area contributed by atoms with E-state index < -0.39 is 18.5 Å². The topological polar surface area (TPSA) is 26.0 Å². The number of nitrogens with two attached hydrogens (primary N) is 1. The van der Waals surface area contributed by atoms with Gasteiger partial charge in [0.05, 0.1) is 16.5 Å². The van der Waals surface area contributed by atoms with Gasteiger partial charge in [-0.3, -0.25) is 0 Å². The molecule has 0 bridgehead atoms. The molecule has 0 aliphatic heterocycles. The number of halogens is 5. The van der Waals surface area contributed by atoms with Gasteiger partial charge < -0.3 is 5.73 Å². The number of rotatable bonds is 4. The molecule has 6 heteroatoms. The van der Waals surface area contributed by atoms with Crippen molar-refractivity contribution in [2.45, 2.75) is 24.9 Å². The molecule has 96 valence electrons. The van der Waals surface area contributed by atoms with E-state index in [9.17, 15) is 13.2 Å². The van der Waals surface area contributed by atoms with Crippen LogP contribution in [0, 0.1) is 0 Å². The zero-order valence-electron chi connectivity index (χ0n) is 8.90. The maximum absolute atomic E-state index is 12.4. The van der Waals surface area contributed by atoms with E-state index in [0.29, 0.717) is 10.6 Å². The first-order valence-corrected chi connectivity index (χ1v) is 5.81. The van der Waals surface area contributed by atoms with Gasteiger partial charge in [0, 0.05) is 0 Å². The van der Waals surface area contributed by atoms with Crippen LogP contribution in [0.15, 0.2) is 18.2 Å². The van der Waals surface area contributed by atoms with Gasteiger partial charge in [-0.25, -0.2) is 0 Å². The number of alkyl halides is 3. The first kappa shape index (κ1) is 14.6. The van der Waals surface area contributed by atoms with Crippen molar-refractivity contribution in [3.63, 3.8) is 0 Å². The van der Waals surface area contributed by atoms with Crippen molar-refractivity contribution in [3.8, 4) is 0 Å². The molecule has 0 saturated heterocycles. The second-order valence-electron chi connectivity index (χ2n) is 3.77. The van der Waals surface area contributed by atoms with Crippen LogP contribution in [0.1, 0.15) is 24.3 Å². The molecule has 17 heavy (non-hydrogen) atoms. The molecular formula is C11H12Cl2F3N. The van der Waals surface area contributed by atoms with Crippen molar-refractivity contribution in [1.29, 1.82) is 0 Å². The lowest BCUT2D eigenvalue weighted by Gasteiger charge is -2.18. The third kappa shape index (κ3) is 4.74. The Morgan fingerprint density at radius 2 is 1.82 bits per heavy atom. The Bertz CT molecular complexity index is 379. The lowest BCUT2D eigenvalue weighted by molar-refractivity contribution is -0.139. The molecule has 0 saturated carbocycles. The van der Waals surface area contributed by atoms with Gasteiger partial charge in [0.2, 0.25) is 0 Å². The van der Waals surface area contributed by atoms with Gasteiger partial charge in [0.15, 0.2) is 0 Å². The van der Waals surface area contributed by atoms with E-state index in [4.69, 9.17) is 28.9 Å². The molecule has 1 atom stereocenters. The van der Waals surface area contributed by atoms with Crippen molar-refractivity contribution in [2.24, 2.45) is 5.73 Å². The predicted octanol–water partition coefficient (Wildman–Crippen LogP) is 4.38. The maximum Gasteiger partial charge on any atom is 0.389 e. The number of hydrogen-bond acceptors (Lipinski definition) is 1. The first-order chi connectivity index (χ1) is 7.83. The molecule has 2 N–H and O–H groups in total. The Hall–Kier alpha value is -0.450. The quantitative estimate of drug-likeness (QED) is 0.873. The fourth-order valence-corrected chi connectivity index (χ4v) is 1.94. The Morgan fingerprint density at radius 1 is 1.18 bits per heavy atom. The van der Waals surface area contributed by atoms with Crippen molar-refractivity contribution in [1.82, 2.24) is 0 Å². The van der Waals surface area contributed by atoms with Crippen LogP contribution >= 0.6 is 23.2 Å². The molecule has 0 fully saturated rings. The van der Waals surface area contributed by atoms with E-state index in [0.717, 1.165) is 0 Å². The third-order valence-corrected chi connectivity index (χ3v) is 3.15. The first-order valence-electron chi connectivity index (χ1n) is 5.05. The maximum atomic E-state index is 12.4. The number of benzene rings is 1. The minimum Gasteiger partial charge on any atom is -0.330 e. The average molecular weight is 286 g/mol. The van der Waals surface area contributed by atoms with E-state index in [1.54, 1.807) is 6.07 Å². The fourth-order valence-electron chi connectivity index (χ4n) is 1.63. The predicted molar refractivity (Wildman–Crippen MR) is 63.5 cm³/mol. The smallest absolute Gasteiger partial charge is 0.330 e. The van der Waals surface area contributed by atoms with Crippen molar-refractivity contribution < 1.29 is 13.2 Å². The van der Waals surface area contributed by atoms with Crippen LogP contribution < -0.4 is 5.73 Å². The summed E-state index contributed by atoms with van der Waals surface area (Å²) >= 11 is 11.5. The molecule has 0 spiro atoms. The number of hydrogen-bond donors (Lipinski definition) is 1. The van der Waals surface area contributed by atoms with Gasteiger partial charge in [-0.15, -0.1) is 0 Å². The molecule has 0 aliphatic carbocycles. The standard InChI is InChI=1S/C11H12Cl2F3N/c12-9-2-1-7(5-10(9)13)8(3-4-17)6-11(14,15)16/h1-2,5,8H,3-4,6,17H2. The fraction of sp³-hybridized carbons (Fsp3) is 0.455. The highest BCUT2D eigenvalue weighted by Gasteiger charge is 2.32. The van der Waals surface area contributed by atoms with Crippen LogP contribution in [-0.2, 0) is 0 Å². The molecule has 1 rings (SSSR count). The largest absolute Gasteiger partial charge is 0.389 e. The molecular weight excluding hydrogens is 274 g/mol. The second-order valence-corrected chi connectivity index (χ2v) is 4.58. The molecule has 1 nitrogen and oxygen atoms in total. The van der Waals surface area contributed by atoms with E-state index >= 15 is 0 Å². The zero-order chi connectivity index (χ0) is 13.1. The van der Waals surface area contributed by atoms with Crippen LogP contribution in [0.4, 0.5) is 13.2 Å². The summed E-state index contributed by atoms with van der Waals surface area (Å²) < 4.78 is 37.2. The van der Waals surface area contributed by atoms with Crippen LogP contribution in [-0.4, -0.2) is 12.7 Å². The summed E-state index contributed by atoms with van der Waals surface area (Å²) in [6.45, 7) is 0.195. The van der Waals surface area contributed by atoms with Crippen molar-refractivity contribution >= 4 is 23.2 Å². The molecule has 0 heterocycles. The summed E-state index contributed by atoms with van der Waals surface area (Å²) in [5, 5.41) is 0.585. The SMILES string of the molecule is NCCC(CC(F)(F)F)c1ccc(Cl)c(Cl)c1. The average Bonchev–Trinajstić information content (AvgIpc) is 2.19. The highest BCUT2D eigenvalue weighted by atomic mass is 35.5. The monoisotopic (exact) mass is 285 g/mol. The van der Waals surface area contributed by atoms with Gasteiger partial charge in [0.1, 0.15) is 0 Å². The van der Waals surface area contributed by atoms with Crippen LogP contribution in [0.25, 0.3) is 0 Å². The minimum atomic E-state index is -4.22. The Morgan fingerprint density at radius 3 is 2.29 bits per heavy atom.